The van der Waals surface area contributed by atoms with Gasteiger partial charge in [0, 0.05) is 31.7 Å². The Morgan fingerprint density at radius 1 is 1.37 bits per heavy atom. The van der Waals surface area contributed by atoms with Crippen molar-refractivity contribution >= 4 is 27.3 Å². The van der Waals surface area contributed by atoms with E-state index < -0.39 is 0 Å². The van der Waals surface area contributed by atoms with E-state index in [9.17, 15) is 4.79 Å². The van der Waals surface area contributed by atoms with Crippen LogP contribution in [-0.4, -0.2) is 50.7 Å². The minimum atomic E-state index is -0.311. The molecule has 1 saturated heterocycles. The standard InChI is InChI=1S/C13H21N3O2S/c1-4-18-13(17)10-9(2)12(19-11(10)14)16-7-5-15(3)6-8-16/h4-8,14H2,1-3H3. The van der Waals surface area contributed by atoms with E-state index in [0.717, 1.165) is 36.7 Å². The van der Waals surface area contributed by atoms with E-state index in [1.54, 1.807) is 6.92 Å². The van der Waals surface area contributed by atoms with Gasteiger partial charge in [-0.1, -0.05) is 0 Å². The van der Waals surface area contributed by atoms with Crippen molar-refractivity contribution in [1.82, 2.24) is 4.90 Å². The van der Waals surface area contributed by atoms with Crippen molar-refractivity contribution < 1.29 is 9.53 Å². The number of nitrogen functional groups attached to an aromatic ring is 1. The second kappa shape index (κ2) is 5.79. The second-order valence-electron chi connectivity index (χ2n) is 4.78. The molecule has 0 aliphatic carbocycles. The number of carbonyl (C=O) groups excluding carboxylic acids is 1. The molecule has 2 rings (SSSR count). The molecular weight excluding hydrogens is 262 g/mol. The summed E-state index contributed by atoms with van der Waals surface area (Å²) < 4.78 is 5.07. The lowest BCUT2D eigenvalue weighted by Gasteiger charge is -2.33. The predicted octanol–water partition coefficient (Wildman–Crippen LogP) is 1.57. The molecular formula is C13H21N3O2S. The molecule has 5 nitrogen and oxygen atoms in total. The van der Waals surface area contributed by atoms with Gasteiger partial charge in [-0.05, 0) is 20.9 Å². The van der Waals surface area contributed by atoms with Crippen LogP contribution in [0.3, 0.4) is 0 Å². The Labute approximate surface area is 117 Å². The van der Waals surface area contributed by atoms with Crippen LogP contribution in [0, 0.1) is 6.92 Å². The first-order valence-corrected chi connectivity index (χ1v) is 7.35. The zero-order valence-electron chi connectivity index (χ0n) is 11.7. The highest BCUT2D eigenvalue weighted by Crippen LogP contribution is 2.38. The van der Waals surface area contributed by atoms with Gasteiger partial charge in [0.25, 0.3) is 0 Å². The van der Waals surface area contributed by atoms with E-state index in [-0.39, 0.29) is 5.97 Å². The number of nitrogens with two attached hydrogens (primary N) is 1. The van der Waals surface area contributed by atoms with Crippen molar-refractivity contribution in [2.45, 2.75) is 13.8 Å². The molecule has 1 aliphatic rings. The molecule has 0 saturated carbocycles. The molecule has 0 amide bonds. The summed E-state index contributed by atoms with van der Waals surface area (Å²) >= 11 is 1.49. The van der Waals surface area contributed by atoms with Gasteiger partial charge in [-0.25, -0.2) is 4.79 Å². The summed E-state index contributed by atoms with van der Waals surface area (Å²) in [5.41, 5.74) is 7.48. The summed E-state index contributed by atoms with van der Waals surface area (Å²) in [5.74, 6) is -0.311. The van der Waals surface area contributed by atoms with Crippen LogP contribution in [0.4, 0.5) is 10.0 Å². The molecule has 1 fully saturated rings. The number of hydrogen-bond acceptors (Lipinski definition) is 6. The molecule has 2 N–H and O–H groups in total. The molecule has 2 heterocycles. The SMILES string of the molecule is CCOC(=O)c1c(N)sc(N2CCN(C)CC2)c1C. The van der Waals surface area contributed by atoms with E-state index in [1.807, 2.05) is 6.92 Å². The van der Waals surface area contributed by atoms with E-state index in [2.05, 4.69) is 16.8 Å². The summed E-state index contributed by atoms with van der Waals surface area (Å²) in [5, 5.41) is 1.67. The van der Waals surface area contributed by atoms with Crippen LogP contribution in [0.25, 0.3) is 0 Å². The fraction of sp³-hybridized carbons (Fsp3) is 0.615. The third kappa shape index (κ3) is 2.84. The number of anilines is 2. The van der Waals surface area contributed by atoms with Crippen LogP contribution in [0.2, 0.25) is 0 Å². The number of ether oxygens (including phenoxy) is 1. The van der Waals surface area contributed by atoms with Gasteiger partial charge in [-0.15, -0.1) is 11.3 Å². The maximum absolute atomic E-state index is 11.9. The van der Waals surface area contributed by atoms with Crippen LogP contribution in [0.5, 0.6) is 0 Å². The van der Waals surface area contributed by atoms with Gasteiger partial charge in [0.2, 0.25) is 0 Å². The molecule has 0 atom stereocenters. The molecule has 19 heavy (non-hydrogen) atoms. The zero-order chi connectivity index (χ0) is 14.0. The van der Waals surface area contributed by atoms with E-state index >= 15 is 0 Å². The van der Waals surface area contributed by atoms with Crippen LogP contribution in [0.15, 0.2) is 0 Å². The Balaban J connectivity index is 2.23. The first-order valence-electron chi connectivity index (χ1n) is 6.54. The number of piperazine rings is 1. The predicted molar refractivity (Wildman–Crippen MR) is 79.1 cm³/mol. The van der Waals surface area contributed by atoms with Gasteiger partial charge in [0.05, 0.1) is 17.2 Å². The molecule has 106 valence electrons. The van der Waals surface area contributed by atoms with Crippen molar-refractivity contribution in [2.24, 2.45) is 0 Å². The zero-order valence-corrected chi connectivity index (χ0v) is 12.5. The molecule has 1 aromatic heterocycles. The summed E-state index contributed by atoms with van der Waals surface area (Å²) in [4.78, 5) is 16.5. The molecule has 6 heteroatoms. The minimum Gasteiger partial charge on any atom is -0.462 e. The van der Waals surface area contributed by atoms with Crippen LogP contribution < -0.4 is 10.6 Å². The van der Waals surface area contributed by atoms with E-state index in [1.165, 1.54) is 11.3 Å². The average Bonchev–Trinajstić information content (AvgIpc) is 2.66. The van der Waals surface area contributed by atoms with Crippen LogP contribution >= 0.6 is 11.3 Å². The third-order valence-corrected chi connectivity index (χ3v) is 4.60. The number of nitrogens with zero attached hydrogens (tertiary/aromatic N) is 2. The van der Waals surface area contributed by atoms with Crippen molar-refractivity contribution in [3.8, 4) is 0 Å². The van der Waals surface area contributed by atoms with Crippen molar-refractivity contribution in [2.75, 3.05) is 50.5 Å². The number of thiophene rings is 1. The summed E-state index contributed by atoms with van der Waals surface area (Å²) in [6, 6.07) is 0. The monoisotopic (exact) mass is 283 g/mol. The Hall–Kier alpha value is -1.27. The third-order valence-electron chi connectivity index (χ3n) is 3.42. The highest BCUT2D eigenvalue weighted by molar-refractivity contribution is 7.20. The summed E-state index contributed by atoms with van der Waals surface area (Å²) in [7, 11) is 2.12. The lowest BCUT2D eigenvalue weighted by molar-refractivity contribution is 0.0527. The molecule has 1 aliphatic heterocycles. The number of hydrogen-bond donors (Lipinski definition) is 1. The number of carbonyl (C=O) groups is 1. The Kier molecular flexibility index (Phi) is 4.31. The second-order valence-corrected chi connectivity index (χ2v) is 5.81. The van der Waals surface area contributed by atoms with Crippen LogP contribution in [-0.2, 0) is 4.74 Å². The van der Waals surface area contributed by atoms with Crippen molar-refractivity contribution in [3.63, 3.8) is 0 Å². The van der Waals surface area contributed by atoms with Gasteiger partial charge in [-0.2, -0.15) is 0 Å². The number of likely N-dealkylation sites (N-methyl/N-ethyl adjacent to an activating group) is 1. The van der Waals surface area contributed by atoms with Crippen molar-refractivity contribution in [3.05, 3.63) is 11.1 Å². The molecule has 0 unspecified atom stereocenters. The maximum atomic E-state index is 11.9. The lowest BCUT2D eigenvalue weighted by atomic mass is 10.2. The Morgan fingerprint density at radius 2 is 2.00 bits per heavy atom. The summed E-state index contributed by atoms with van der Waals surface area (Å²) in [6.45, 7) is 8.14. The fourth-order valence-corrected chi connectivity index (χ4v) is 3.41. The quantitative estimate of drug-likeness (QED) is 0.853. The minimum absolute atomic E-state index is 0.311. The number of esters is 1. The van der Waals surface area contributed by atoms with Gasteiger partial charge in [0.15, 0.2) is 0 Å². The van der Waals surface area contributed by atoms with E-state index in [0.29, 0.717) is 17.2 Å². The number of rotatable bonds is 3. The van der Waals surface area contributed by atoms with Gasteiger partial charge < -0.3 is 20.3 Å². The van der Waals surface area contributed by atoms with Gasteiger partial charge in [-0.3, -0.25) is 0 Å². The van der Waals surface area contributed by atoms with Gasteiger partial charge in [0.1, 0.15) is 5.00 Å². The molecule has 0 bridgehead atoms. The molecule has 0 radical (unpaired) electrons. The molecule has 1 aromatic rings. The maximum Gasteiger partial charge on any atom is 0.341 e. The lowest BCUT2D eigenvalue weighted by Crippen LogP contribution is -2.44. The van der Waals surface area contributed by atoms with Gasteiger partial charge >= 0.3 is 5.97 Å². The highest BCUT2D eigenvalue weighted by Gasteiger charge is 2.25. The van der Waals surface area contributed by atoms with Crippen molar-refractivity contribution in [1.29, 1.82) is 0 Å². The highest BCUT2D eigenvalue weighted by atomic mass is 32.1. The fourth-order valence-electron chi connectivity index (χ4n) is 2.29. The van der Waals surface area contributed by atoms with E-state index in [4.69, 9.17) is 10.5 Å². The summed E-state index contributed by atoms with van der Waals surface area (Å²) in [6.07, 6.45) is 0. The Morgan fingerprint density at radius 3 is 2.58 bits per heavy atom. The Bertz CT molecular complexity index is 465. The van der Waals surface area contributed by atoms with Crippen LogP contribution in [0.1, 0.15) is 22.8 Å². The normalized spacial score (nSPS) is 16.7. The average molecular weight is 283 g/mol. The largest absolute Gasteiger partial charge is 0.462 e. The molecule has 0 aromatic carbocycles. The first kappa shape index (κ1) is 14.1. The first-order chi connectivity index (χ1) is 9.04. The topological polar surface area (TPSA) is 58.8 Å². The molecule has 0 spiro atoms. The smallest absolute Gasteiger partial charge is 0.341 e.